The fourth-order valence-corrected chi connectivity index (χ4v) is 2.29. The van der Waals surface area contributed by atoms with E-state index in [1.165, 1.54) is 19.2 Å². The molecule has 18 heavy (non-hydrogen) atoms. The van der Waals surface area contributed by atoms with Gasteiger partial charge in [0.1, 0.15) is 16.7 Å². The van der Waals surface area contributed by atoms with Crippen LogP contribution in [-0.2, 0) is 14.8 Å². The Morgan fingerprint density at radius 1 is 1.44 bits per heavy atom. The molecule has 7 heteroatoms. The van der Waals surface area contributed by atoms with Crippen LogP contribution in [0.1, 0.15) is 6.92 Å². The first kappa shape index (κ1) is 14.7. The summed E-state index contributed by atoms with van der Waals surface area (Å²) in [5.74, 6) is 0.507. The number of rotatable bonds is 6. The van der Waals surface area contributed by atoms with Crippen LogP contribution in [0.4, 0.5) is 5.69 Å². The first-order valence-corrected chi connectivity index (χ1v) is 6.87. The Labute approximate surface area is 107 Å². The smallest absolute Gasteiger partial charge is 0.242 e. The van der Waals surface area contributed by atoms with Crippen molar-refractivity contribution in [1.29, 1.82) is 0 Å². The summed E-state index contributed by atoms with van der Waals surface area (Å²) in [6.45, 7) is 2.29. The summed E-state index contributed by atoms with van der Waals surface area (Å²) >= 11 is 0. The lowest BCUT2D eigenvalue weighted by Crippen LogP contribution is -2.20. The molecule has 0 spiro atoms. The maximum atomic E-state index is 11.6. The predicted octanol–water partition coefficient (Wildman–Crippen LogP) is 0.591. The maximum Gasteiger partial charge on any atom is 0.242 e. The van der Waals surface area contributed by atoms with Crippen molar-refractivity contribution in [3.8, 4) is 5.75 Å². The van der Waals surface area contributed by atoms with Crippen molar-refractivity contribution >= 4 is 15.7 Å². The van der Waals surface area contributed by atoms with E-state index < -0.39 is 10.0 Å². The third-order valence-corrected chi connectivity index (χ3v) is 3.77. The number of nitrogens with two attached hydrogens (primary N) is 1. The Balaban J connectivity index is 2.93. The molecule has 0 saturated heterocycles. The lowest BCUT2D eigenvalue weighted by atomic mass is 10.3. The summed E-state index contributed by atoms with van der Waals surface area (Å²) in [5, 5.41) is 0. The number of methoxy groups -OCH3 is 1. The third-order valence-electron chi connectivity index (χ3n) is 2.28. The number of benzene rings is 1. The Morgan fingerprint density at radius 2 is 2.11 bits per heavy atom. The second kappa shape index (κ2) is 6.03. The molecule has 6 nitrogen and oxygen atoms in total. The van der Waals surface area contributed by atoms with Gasteiger partial charge in [0.15, 0.2) is 0 Å². The van der Waals surface area contributed by atoms with E-state index in [4.69, 9.17) is 15.2 Å². The molecule has 0 fully saturated rings. The number of ether oxygens (including phenoxy) is 2. The van der Waals surface area contributed by atoms with Gasteiger partial charge in [0, 0.05) is 13.2 Å². The monoisotopic (exact) mass is 274 g/mol. The van der Waals surface area contributed by atoms with Crippen LogP contribution in [-0.4, -0.2) is 35.3 Å². The number of hydrogen-bond donors (Lipinski definition) is 2. The molecule has 1 rings (SSSR count). The fourth-order valence-electron chi connectivity index (χ4n) is 1.46. The van der Waals surface area contributed by atoms with Gasteiger partial charge in [-0.25, -0.2) is 13.1 Å². The van der Waals surface area contributed by atoms with E-state index in [0.717, 1.165) is 0 Å². The fraction of sp³-hybridized carbons (Fsp3) is 0.455. The van der Waals surface area contributed by atoms with Crippen LogP contribution in [0, 0.1) is 0 Å². The molecule has 102 valence electrons. The lowest BCUT2D eigenvalue weighted by molar-refractivity contribution is 0.0921. The van der Waals surface area contributed by atoms with Crippen molar-refractivity contribution in [2.75, 3.05) is 26.5 Å². The summed E-state index contributed by atoms with van der Waals surface area (Å²) in [4.78, 5) is 0.0387. The Kier molecular flexibility index (Phi) is 4.94. The summed E-state index contributed by atoms with van der Waals surface area (Å²) in [6, 6.07) is 4.46. The zero-order valence-electron chi connectivity index (χ0n) is 10.6. The topological polar surface area (TPSA) is 90.7 Å². The highest BCUT2D eigenvalue weighted by atomic mass is 32.2. The molecule has 0 bridgehead atoms. The molecular formula is C11H18N2O4S. The van der Waals surface area contributed by atoms with Crippen molar-refractivity contribution in [2.24, 2.45) is 0 Å². The van der Waals surface area contributed by atoms with Crippen molar-refractivity contribution in [3.05, 3.63) is 18.2 Å². The number of nitrogen functional groups attached to an aromatic ring is 1. The molecule has 3 N–H and O–H groups in total. The van der Waals surface area contributed by atoms with Crippen molar-refractivity contribution in [1.82, 2.24) is 4.72 Å². The average molecular weight is 274 g/mol. The highest BCUT2D eigenvalue weighted by Gasteiger charge is 2.16. The average Bonchev–Trinajstić information content (AvgIpc) is 2.29. The quantitative estimate of drug-likeness (QED) is 0.741. The summed E-state index contributed by atoms with van der Waals surface area (Å²) in [6.07, 6.45) is -0.138. The van der Waals surface area contributed by atoms with Gasteiger partial charge in [-0.2, -0.15) is 0 Å². The van der Waals surface area contributed by atoms with Crippen molar-refractivity contribution in [3.63, 3.8) is 0 Å². The number of sulfonamides is 1. The minimum Gasteiger partial charge on any atom is -0.488 e. The minimum atomic E-state index is -3.54. The highest BCUT2D eigenvalue weighted by molar-refractivity contribution is 7.89. The molecule has 0 saturated carbocycles. The van der Waals surface area contributed by atoms with Gasteiger partial charge in [0.25, 0.3) is 0 Å². The molecule has 0 heterocycles. The van der Waals surface area contributed by atoms with Gasteiger partial charge in [-0.05, 0) is 26.1 Å². The van der Waals surface area contributed by atoms with E-state index in [1.54, 1.807) is 13.2 Å². The first-order valence-electron chi connectivity index (χ1n) is 5.39. The van der Waals surface area contributed by atoms with Gasteiger partial charge >= 0.3 is 0 Å². The molecule has 0 aliphatic rings. The van der Waals surface area contributed by atoms with Crippen LogP contribution in [0.5, 0.6) is 5.75 Å². The van der Waals surface area contributed by atoms with E-state index in [-0.39, 0.29) is 16.7 Å². The first-order chi connectivity index (χ1) is 8.40. The molecule has 0 aliphatic carbocycles. The van der Waals surface area contributed by atoms with Gasteiger partial charge in [-0.3, -0.25) is 0 Å². The SMILES string of the molecule is CNS(=O)(=O)c1ccc(OC(C)COC)cc1N. The Hall–Kier alpha value is -1.31. The van der Waals surface area contributed by atoms with Crippen LogP contribution in [0.3, 0.4) is 0 Å². The van der Waals surface area contributed by atoms with Crippen LogP contribution in [0.15, 0.2) is 23.1 Å². The van der Waals surface area contributed by atoms with Crippen LogP contribution in [0.25, 0.3) is 0 Å². The van der Waals surface area contributed by atoms with Gasteiger partial charge in [-0.15, -0.1) is 0 Å². The highest BCUT2D eigenvalue weighted by Crippen LogP contribution is 2.24. The standard InChI is InChI=1S/C11H18N2O4S/c1-8(7-16-3)17-9-4-5-11(10(12)6-9)18(14,15)13-2/h4-6,8,13H,7,12H2,1-3H3. The maximum absolute atomic E-state index is 11.6. The van der Waals surface area contributed by atoms with Crippen LogP contribution >= 0.6 is 0 Å². The summed E-state index contributed by atoms with van der Waals surface area (Å²) in [5.41, 5.74) is 5.85. The molecule has 0 aliphatic heterocycles. The molecule has 0 aromatic heterocycles. The predicted molar refractivity (Wildman–Crippen MR) is 69.1 cm³/mol. The van der Waals surface area contributed by atoms with E-state index in [9.17, 15) is 8.42 Å². The number of nitrogens with one attached hydrogen (secondary N) is 1. The number of anilines is 1. The molecule has 1 aromatic carbocycles. The van der Waals surface area contributed by atoms with E-state index in [1.807, 2.05) is 6.92 Å². The second-order valence-corrected chi connectivity index (χ2v) is 5.65. The summed E-state index contributed by atoms with van der Waals surface area (Å²) in [7, 11) is -0.626. The van der Waals surface area contributed by atoms with Crippen molar-refractivity contribution in [2.45, 2.75) is 17.9 Å². The molecule has 1 unspecified atom stereocenters. The van der Waals surface area contributed by atoms with Crippen LogP contribution in [0.2, 0.25) is 0 Å². The normalized spacial score (nSPS) is 13.3. The minimum absolute atomic E-state index is 0.0387. The summed E-state index contributed by atoms with van der Waals surface area (Å²) < 4.78 is 35.9. The lowest BCUT2D eigenvalue weighted by Gasteiger charge is -2.15. The van der Waals surface area contributed by atoms with Gasteiger partial charge in [0.05, 0.1) is 12.3 Å². The zero-order chi connectivity index (χ0) is 13.8. The van der Waals surface area contributed by atoms with Crippen LogP contribution < -0.4 is 15.2 Å². The molecule has 1 atom stereocenters. The largest absolute Gasteiger partial charge is 0.488 e. The Morgan fingerprint density at radius 3 is 2.61 bits per heavy atom. The van der Waals surface area contributed by atoms with Gasteiger partial charge in [-0.1, -0.05) is 0 Å². The van der Waals surface area contributed by atoms with Gasteiger partial charge < -0.3 is 15.2 Å². The van der Waals surface area contributed by atoms with Gasteiger partial charge in [0.2, 0.25) is 10.0 Å². The number of hydrogen-bond acceptors (Lipinski definition) is 5. The van der Waals surface area contributed by atoms with E-state index >= 15 is 0 Å². The molecule has 0 amide bonds. The molecular weight excluding hydrogens is 256 g/mol. The molecule has 1 aromatic rings. The van der Waals surface area contributed by atoms with Crippen molar-refractivity contribution < 1.29 is 17.9 Å². The van der Waals surface area contributed by atoms with E-state index in [0.29, 0.717) is 12.4 Å². The molecule has 0 radical (unpaired) electrons. The zero-order valence-corrected chi connectivity index (χ0v) is 11.5. The second-order valence-electron chi connectivity index (χ2n) is 3.79. The Bertz CT molecular complexity index is 502. The van der Waals surface area contributed by atoms with E-state index in [2.05, 4.69) is 4.72 Å². The third kappa shape index (κ3) is 3.59.